The highest BCUT2D eigenvalue weighted by atomic mass is 16.2. The van der Waals surface area contributed by atoms with Crippen molar-refractivity contribution in [3.8, 4) is 0 Å². The van der Waals surface area contributed by atoms with Gasteiger partial charge >= 0.3 is 0 Å². The molecule has 0 aliphatic carbocycles. The van der Waals surface area contributed by atoms with Gasteiger partial charge in [0.05, 0.1) is 5.71 Å². The molecule has 0 saturated carbocycles. The number of hydrogen-bond acceptors (Lipinski definition) is 5. The zero-order valence-corrected chi connectivity index (χ0v) is 19.4. The van der Waals surface area contributed by atoms with Gasteiger partial charge in [-0.25, -0.2) is 5.43 Å². The molecule has 0 unspecified atom stereocenters. The summed E-state index contributed by atoms with van der Waals surface area (Å²) >= 11 is 0. The van der Waals surface area contributed by atoms with E-state index in [0.29, 0.717) is 38.6 Å². The number of carbonyl (C=O) groups excluding carboxylic acids is 4. The van der Waals surface area contributed by atoms with Crippen LogP contribution in [-0.2, 0) is 19.2 Å². The van der Waals surface area contributed by atoms with Gasteiger partial charge in [-0.2, -0.15) is 5.10 Å². The number of hydrogen-bond donors (Lipinski definition) is 1. The summed E-state index contributed by atoms with van der Waals surface area (Å²) in [5.41, 5.74) is 4.38. The molecular formula is C25H35N3O4. The van der Waals surface area contributed by atoms with Crippen molar-refractivity contribution in [1.29, 1.82) is 0 Å². The second-order valence-corrected chi connectivity index (χ2v) is 7.34. The molecule has 0 spiro atoms. The highest BCUT2D eigenvalue weighted by Gasteiger charge is 2.22. The number of nitrogens with one attached hydrogen (secondary N) is 1. The molecule has 2 rings (SSSR count). The predicted molar refractivity (Wildman–Crippen MR) is 126 cm³/mol. The van der Waals surface area contributed by atoms with Gasteiger partial charge in [-0.15, -0.1) is 0 Å². The summed E-state index contributed by atoms with van der Waals surface area (Å²) in [6.45, 7) is 5.97. The van der Waals surface area contributed by atoms with Crippen molar-refractivity contribution in [2.75, 3.05) is 6.54 Å². The number of hydrazone groups is 1. The molecule has 0 aromatic heterocycles. The Morgan fingerprint density at radius 3 is 2.06 bits per heavy atom. The SMILES string of the molecule is CC.CC(=O)CCCC/C(=N/NC(=O)CCCCCN1C(=O)C=CC1=O)c1ccccc1. The third-order valence-corrected chi connectivity index (χ3v) is 4.80. The molecule has 174 valence electrons. The largest absolute Gasteiger partial charge is 0.300 e. The fourth-order valence-corrected chi connectivity index (χ4v) is 3.13. The Morgan fingerprint density at radius 2 is 1.44 bits per heavy atom. The Morgan fingerprint density at radius 1 is 0.844 bits per heavy atom. The van der Waals surface area contributed by atoms with Gasteiger partial charge in [-0.05, 0) is 44.6 Å². The van der Waals surface area contributed by atoms with Gasteiger partial charge in [-0.3, -0.25) is 19.3 Å². The summed E-state index contributed by atoms with van der Waals surface area (Å²) in [4.78, 5) is 47.4. The van der Waals surface area contributed by atoms with Gasteiger partial charge in [-0.1, -0.05) is 50.6 Å². The van der Waals surface area contributed by atoms with Crippen molar-refractivity contribution in [2.45, 2.75) is 72.1 Å². The number of ketones is 1. The fourth-order valence-electron chi connectivity index (χ4n) is 3.13. The zero-order valence-electron chi connectivity index (χ0n) is 19.4. The molecule has 1 aromatic carbocycles. The van der Waals surface area contributed by atoms with E-state index in [9.17, 15) is 19.2 Å². The van der Waals surface area contributed by atoms with E-state index in [-0.39, 0.29) is 23.5 Å². The summed E-state index contributed by atoms with van der Waals surface area (Å²) in [5, 5.41) is 4.32. The molecule has 0 atom stereocenters. The first kappa shape index (κ1) is 26.9. The van der Waals surface area contributed by atoms with E-state index in [1.165, 1.54) is 17.1 Å². The molecule has 32 heavy (non-hydrogen) atoms. The van der Waals surface area contributed by atoms with E-state index in [1.807, 2.05) is 44.2 Å². The summed E-state index contributed by atoms with van der Waals surface area (Å²) < 4.78 is 0. The Hall–Kier alpha value is -3.09. The molecule has 0 bridgehead atoms. The van der Waals surface area contributed by atoms with Gasteiger partial charge in [0.2, 0.25) is 5.91 Å². The smallest absolute Gasteiger partial charge is 0.253 e. The van der Waals surface area contributed by atoms with Crippen LogP contribution in [0.15, 0.2) is 47.6 Å². The predicted octanol–water partition coefficient (Wildman–Crippen LogP) is 4.17. The van der Waals surface area contributed by atoms with Gasteiger partial charge < -0.3 is 4.79 Å². The van der Waals surface area contributed by atoms with Crippen LogP contribution in [0.5, 0.6) is 0 Å². The lowest BCUT2D eigenvalue weighted by molar-refractivity contribution is -0.137. The van der Waals surface area contributed by atoms with Crippen molar-refractivity contribution < 1.29 is 19.2 Å². The van der Waals surface area contributed by atoms with Gasteiger partial charge in [0.25, 0.3) is 11.8 Å². The maximum absolute atomic E-state index is 12.1. The summed E-state index contributed by atoms with van der Waals surface area (Å²) in [7, 11) is 0. The van der Waals surface area contributed by atoms with E-state index in [1.54, 1.807) is 6.92 Å². The van der Waals surface area contributed by atoms with Crippen LogP contribution < -0.4 is 5.43 Å². The van der Waals surface area contributed by atoms with Crippen LogP contribution in [0.25, 0.3) is 0 Å². The van der Waals surface area contributed by atoms with Crippen molar-refractivity contribution >= 4 is 29.2 Å². The van der Waals surface area contributed by atoms with Gasteiger partial charge in [0.1, 0.15) is 5.78 Å². The normalized spacial score (nSPS) is 13.1. The summed E-state index contributed by atoms with van der Waals surface area (Å²) in [6, 6.07) is 9.67. The van der Waals surface area contributed by atoms with Crippen LogP contribution in [0.1, 0.15) is 77.7 Å². The molecule has 7 heteroatoms. The zero-order chi connectivity index (χ0) is 23.8. The summed E-state index contributed by atoms with van der Waals surface area (Å²) in [5.74, 6) is -0.536. The Kier molecular flexibility index (Phi) is 13.2. The van der Waals surface area contributed by atoms with Crippen molar-refractivity contribution in [1.82, 2.24) is 10.3 Å². The highest BCUT2D eigenvalue weighted by Crippen LogP contribution is 2.10. The van der Waals surface area contributed by atoms with E-state index >= 15 is 0 Å². The lowest BCUT2D eigenvalue weighted by Crippen LogP contribution is -2.30. The maximum atomic E-state index is 12.1. The molecule has 3 amide bonds. The Balaban J connectivity index is 0.00000249. The number of nitrogens with zero attached hydrogens (tertiary/aromatic N) is 2. The average Bonchev–Trinajstić information content (AvgIpc) is 3.12. The Bertz CT molecular complexity index is 798. The van der Waals surface area contributed by atoms with Crippen LogP contribution in [-0.4, -0.2) is 40.7 Å². The first-order valence-electron chi connectivity index (χ1n) is 11.4. The number of rotatable bonds is 13. The first-order chi connectivity index (χ1) is 15.5. The second kappa shape index (κ2) is 15.7. The average molecular weight is 442 g/mol. The fraction of sp³-hybridized carbons (Fsp3) is 0.480. The lowest BCUT2D eigenvalue weighted by Gasteiger charge is -2.12. The van der Waals surface area contributed by atoms with E-state index in [0.717, 1.165) is 30.5 Å². The number of imide groups is 1. The number of unbranched alkanes of at least 4 members (excludes halogenated alkanes) is 3. The molecule has 1 aliphatic rings. The second-order valence-electron chi connectivity index (χ2n) is 7.34. The van der Waals surface area contributed by atoms with Crippen molar-refractivity contribution in [3.63, 3.8) is 0 Å². The molecule has 1 aliphatic heterocycles. The molecule has 0 radical (unpaired) electrons. The standard InChI is InChI=1S/C23H29N3O4.C2H6/c1-18(27)10-7-8-13-20(19-11-4-2-5-12-19)24-25-21(28)14-6-3-9-17-26-22(29)15-16-23(26)30;1-2/h2,4-5,11-12,15-16H,3,6-10,13-14,17H2,1H3,(H,25,28);1-2H3/b24-20-;. The minimum Gasteiger partial charge on any atom is -0.300 e. The number of carbonyl (C=O) groups is 4. The topological polar surface area (TPSA) is 95.9 Å². The molecule has 7 nitrogen and oxygen atoms in total. The minimum absolute atomic E-state index is 0.165. The molecular weight excluding hydrogens is 406 g/mol. The third kappa shape index (κ3) is 10.3. The van der Waals surface area contributed by atoms with Gasteiger partial charge in [0.15, 0.2) is 0 Å². The van der Waals surface area contributed by atoms with Crippen LogP contribution >= 0.6 is 0 Å². The number of amides is 3. The molecule has 1 heterocycles. The molecule has 1 N–H and O–H groups in total. The maximum Gasteiger partial charge on any atom is 0.253 e. The van der Waals surface area contributed by atoms with E-state index < -0.39 is 0 Å². The van der Waals surface area contributed by atoms with Gasteiger partial charge in [0, 0.05) is 31.5 Å². The Labute approximate surface area is 190 Å². The van der Waals surface area contributed by atoms with Crippen molar-refractivity contribution in [2.24, 2.45) is 5.10 Å². The molecule has 0 fully saturated rings. The number of benzene rings is 1. The van der Waals surface area contributed by atoms with E-state index in [4.69, 9.17) is 0 Å². The third-order valence-electron chi connectivity index (χ3n) is 4.80. The number of Topliss-reactive ketones (excluding diaryl/α,β-unsaturated/α-hetero) is 1. The quantitative estimate of drug-likeness (QED) is 0.215. The molecule has 1 aromatic rings. The van der Waals surface area contributed by atoms with Crippen LogP contribution in [0.3, 0.4) is 0 Å². The monoisotopic (exact) mass is 441 g/mol. The van der Waals surface area contributed by atoms with Crippen LogP contribution in [0.4, 0.5) is 0 Å². The molecule has 0 saturated heterocycles. The van der Waals surface area contributed by atoms with E-state index in [2.05, 4.69) is 10.5 Å². The highest BCUT2D eigenvalue weighted by molar-refractivity contribution is 6.12. The van der Waals surface area contributed by atoms with Crippen molar-refractivity contribution in [3.05, 3.63) is 48.0 Å². The minimum atomic E-state index is -0.274. The van der Waals surface area contributed by atoms with Crippen LogP contribution in [0.2, 0.25) is 0 Å². The lowest BCUT2D eigenvalue weighted by atomic mass is 10.0. The van der Waals surface area contributed by atoms with Crippen LogP contribution in [0, 0.1) is 0 Å². The first-order valence-corrected chi connectivity index (χ1v) is 11.4. The summed E-state index contributed by atoms with van der Waals surface area (Å²) in [6.07, 6.45) is 7.81.